The predicted octanol–water partition coefficient (Wildman–Crippen LogP) is 6.35. The number of ketones is 5. The lowest BCUT2D eigenvalue weighted by atomic mass is 9.44. The smallest absolute Gasteiger partial charge is 0.209 e. The number of carbonyl (C=O) groups excluding carboxylic acids is 5. The number of hydrogen-bond acceptors (Lipinski definition) is 9. The number of rotatable bonds is 9. The van der Waals surface area contributed by atoms with Gasteiger partial charge in [0.15, 0.2) is 23.0 Å². The monoisotopic (exact) mass is 642 g/mol. The molecule has 2 aromatic carbocycles. The third-order valence-corrected chi connectivity index (χ3v) is 10.5. The molecule has 0 aliphatic heterocycles. The second kappa shape index (κ2) is 11.7. The third kappa shape index (κ3) is 4.98. The van der Waals surface area contributed by atoms with E-state index in [9.17, 15) is 44.4 Å². The Morgan fingerprint density at radius 3 is 2.28 bits per heavy atom. The quantitative estimate of drug-likeness (QED) is 0.180. The van der Waals surface area contributed by atoms with E-state index in [-0.39, 0.29) is 60.1 Å². The maximum atomic E-state index is 14.4. The van der Waals surface area contributed by atoms with E-state index in [0.717, 1.165) is 6.92 Å². The van der Waals surface area contributed by atoms with Crippen molar-refractivity contribution in [1.82, 2.24) is 0 Å². The van der Waals surface area contributed by atoms with Crippen LogP contribution < -0.4 is 0 Å². The van der Waals surface area contributed by atoms with Crippen molar-refractivity contribution in [1.29, 1.82) is 0 Å². The van der Waals surface area contributed by atoms with Gasteiger partial charge in [-0.15, -0.1) is 0 Å². The molecule has 9 heteroatoms. The Hall–Kier alpha value is -4.37. The van der Waals surface area contributed by atoms with Crippen LogP contribution in [-0.4, -0.2) is 54.9 Å². The minimum Gasteiger partial charge on any atom is -0.511 e. The van der Waals surface area contributed by atoms with Crippen molar-refractivity contribution < 1.29 is 44.4 Å². The van der Waals surface area contributed by atoms with Gasteiger partial charge < -0.3 is 20.4 Å². The van der Waals surface area contributed by atoms with E-state index in [1.54, 1.807) is 58.0 Å². The summed E-state index contributed by atoms with van der Waals surface area (Å²) in [5, 5.41) is 46.4. The number of aliphatic hydroxyl groups excluding tert-OH is 2. The van der Waals surface area contributed by atoms with Gasteiger partial charge in [0.05, 0.1) is 5.56 Å². The maximum absolute atomic E-state index is 14.4. The lowest BCUT2D eigenvalue weighted by Crippen LogP contribution is -2.67. The Kier molecular flexibility index (Phi) is 8.46. The molecule has 0 aromatic heterocycles. The minimum atomic E-state index is -2.68. The Balaban J connectivity index is 1.66. The normalized spacial score (nSPS) is 27.0. The highest BCUT2D eigenvalue weighted by Gasteiger charge is 2.71. The SMILES string of the molecule is CCCC(=O)CCC(=O)c1cccc(-c2ccc(O)c3c2C[C@]2(C)C[C@]4(C)C(C(C)C)C(O)=C(C(C)=O)C(=O)[C@]4(O)C(O)=C2C3=O)c1. The molecule has 47 heavy (non-hydrogen) atoms. The zero-order chi connectivity index (χ0) is 34.8. The molecule has 248 valence electrons. The van der Waals surface area contributed by atoms with Crippen LogP contribution in [0.1, 0.15) is 99.9 Å². The van der Waals surface area contributed by atoms with Gasteiger partial charge in [-0.05, 0) is 60.9 Å². The first-order valence-electron chi connectivity index (χ1n) is 16.1. The van der Waals surface area contributed by atoms with Crippen molar-refractivity contribution in [2.75, 3.05) is 0 Å². The summed E-state index contributed by atoms with van der Waals surface area (Å²) >= 11 is 0. The van der Waals surface area contributed by atoms with Crippen molar-refractivity contribution in [3.8, 4) is 16.9 Å². The van der Waals surface area contributed by atoms with Crippen molar-refractivity contribution in [3.05, 3.63) is 75.8 Å². The minimum absolute atomic E-state index is 0.0235. The highest BCUT2D eigenvalue weighted by atomic mass is 16.3. The van der Waals surface area contributed by atoms with Crippen molar-refractivity contribution in [2.45, 2.75) is 85.7 Å². The number of aromatic hydroxyl groups is 1. The average Bonchev–Trinajstić information content (AvgIpc) is 2.97. The maximum Gasteiger partial charge on any atom is 0.209 e. The molecule has 4 N–H and O–H groups in total. The number of fused-ring (bicyclic) bond motifs is 3. The number of benzene rings is 2. The van der Waals surface area contributed by atoms with Gasteiger partial charge in [0.25, 0.3) is 0 Å². The third-order valence-electron chi connectivity index (χ3n) is 10.5. The van der Waals surface area contributed by atoms with Gasteiger partial charge in [-0.2, -0.15) is 0 Å². The van der Waals surface area contributed by atoms with Crippen LogP contribution in [0.5, 0.6) is 5.75 Å². The highest BCUT2D eigenvalue weighted by Crippen LogP contribution is 2.65. The Morgan fingerprint density at radius 2 is 1.66 bits per heavy atom. The molecule has 0 saturated heterocycles. The van der Waals surface area contributed by atoms with Gasteiger partial charge >= 0.3 is 0 Å². The summed E-state index contributed by atoms with van der Waals surface area (Å²) in [5.41, 5.74) is -4.24. The molecule has 4 atom stereocenters. The van der Waals surface area contributed by atoms with Crippen LogP contribution in [0.3, 0.4) is 0 Å². The summed E-state index contributed by atoms with van der Waals surface area (Å²) in [6, 6.07) is 9.85. The van der Waals surface area contributed by atoms with E-state index in [0.29, 0.717) is 35.1 Å². The van der Waals surface area contributed by atoms with E-state index in [4.69, 9.17) is 0 Å². The lowest BCUT2D eigenvalue weighted by molar-refractivity contribution is -0.171. The van der Waals surface area contributed by atoms with Gasteiger partial charge in [-0.1, -0.05) is 58.9 Å². The topological polar surface area (TPSA) is 166 Å². The van der Waals surface area contributed by atoms with Crippen molar-refractivity contribution >= 4 is 28.9 Å². The zero-order valence-corrected chi connectivity index (χ0v) is 27.7. The summed E-state index contributed by atoms with van der Waals surface area (Å²) in [4.78, 5) is 65.9. The zero-order valence-electron chi connectivity index (χ0n) is 27.7. The summed E-state index contributed by atoms with van der Waals surface area (Å²) in [7, 11) is 0. The summed E-state index contributed by atoms with van der Waals surface area (Å²) < 4.78 is 0. The molecule has 0 radical (unpaired) electrons. The fourth-order valence-electron chi connectivity index (χ4n) is 8.66. The molecular weight excluding hydrogens is 600 g/mol. The molecule has 0 spiro atoms. The number of Topliss-reactive ketones (excluding diaryl/α,β-unsaturated/α-hetero) is 5. The number of carbonyl (C=O) groups is 5. The molecule has 3 aliphatic carbocycles. The van der Waals surface area contributed by atoms with Crippen LogP contribution in [0.15, 0.2) is 59.1 Å². The van der Waals surface area contributed by atoms with Crippen molar-refractivity contribution in [2.24, 2.45) is 22.7 Å². The Bertz CT molecular complexity index is 1810. The first-order valence-corrected chi connectivity index (χ1v) is 16.1. The molecule has 0 bridgehead atoms. The van der Waals surface area contributed by atoms with E-state index >= 15 is 0 Å². The lowest BCUT2D eigenvalue weighted by Gasteiger charge is -2.59. The second-order valence-corrected chi connectivity index (χ2v) is 14.2. The number of aliphatic hydroxyl groups is 3. The fourth-order valence-corrected chi connectivity index (χ4v) is 8.66. The van der Waals surface area contributed by atoms with E-state index < -0.39 is 56.8 Å². The molecule has 9 nitrogen and oxygen atoms in total. The molecule has 0 fully saturated rings. The second-order valence-electron chi connectivity index (χ2n) is 14.2. The predicted molar refractivity (Wildman–Crippen MR) is 174 cm³/mol. The van der Waals surface area contributed by atoms with E-state index in [2.05, 4.69) is 0 Å². The van der Waals surface area contributed by atoms with Crippen LogP contribution in [0.25, 0.3) is 11.1 Å². The largest absolute Gasteiger partial charge is 0.511 e. The molecule has 0 saturated carbocycles. The van der Waals surface area contributed by atoms with Crippen LogP contribution in [0.2, 0.25) is 0 Å². The summed E-state index contributed by atoms with van der Waals surface area (Å²) in [6.07, 6.45) is 1.44. The Morgan fingerprint density at radius 1 is 0.979 bits per heavy atom. The van der Waals surface area contributed by atoms with Gasteiger partial charge in [-0.3, -0.25) is 24.0 Å². The number of hydrogen-bond donors (Lipinski definition) is 4. The molecule has 0 heterocycles. The number of phenols is 1. The highest BCUT2D eigenvalue weighted by molar-refractivity contribution is 6.25. The molecule has 5 rings (SSSR count). The molecule has 3 aliphatic rings. The standard InChI is InChI=1S/C38H42O9/c1-7-9-23(40)12-14-26(41)22-11-8-10-21(16-22)24-13-15-27(42)29-25(24)17-36(5)18-37(6)30(19(2)3)32(43)28(20(4)39)34(45)38(37,47)35(46)31(36)33(29)44/h8,10-11,13,15-16,19,30,42-43,46-47H,7,9,12,14,17-18H2,1-6H3/t30?,36-,37-,38+/m1/s1. The molecule has 2 aromatic rings. The molecular formula is C38H42O9. The first-order chi connectivity index (χ1) is 21.9. The summed E-state index contributed by atoms with van der Waals surface area (Å²) in [6.45, 7) is 9.90. The first kappa shape index (κ1) is 34.0. The van der Waals surface area contributed by atoms with Crippen molar-refractivity contribution in [3.63, 3.8) is 0 Å². The van der Waals surface area contributed by atoms with Crippen LogP contribution in [0, 0.1) is 22.7 Å². The van der Waals surface area contributed by atoms with Crippen LogP contribution >= 0.6 is 0 Å². The van der Waals surface area contributed by atoms with Crippen LogP contribution in [0.4, 0.5) is 0 Å². The van der Waals surface area contributed by atoms with Gasteiger partial charge in [-0.25, -0.2) is 0 Å². The molecule has 1 unspecified atom stereocenters. The van der Waals surface area contributed by atoms with Crippen LogP contribution in [-0.2, 0) is 20.8 Å². The number of allylic oxidation sites excluding steroid dienone is 2. The van der Waals surface area contributed by atoms with Gasteiger partial charge in [0.1, 0.15) is 28.6 Å². The summed E-state index contributed by atoms with van der Waals surface area (Å²) in [5.74, 6) is -5.83. The van der Waals surface area contributed by atoms with E-state index in [1.165, 1.54) is 6.07 Å². The fraction of sp³-hybridized carbons (Fsp3) is 0.447. The average molecular weight is 643 g/mol. The number of phenolic OH excluding ortho intramolecular Hbond substituents is 1. The van der Waals surface area contributed by atoms with Gasteiger partial charge in [0.2, 0.25) is 5.78 Å². The molecule has 0 amide bonds. The Labute approximate surface area is 274 Å². The van der Waals surface area contributed by atoms with E-state index in [1.807, 2.05) is 6.92 Å². The van der Waals surface area contributed by atoms with Gasteiger partial charge in [0, 0.05) is 47.1 Å².